The molecule has 0 saturated carbocycles. The van der Waals surface area contributed by atoms with Crippen LogP contribution in [0.5, 0.6) is 0 Å². The van der Waals surface area contributed by atoms with E-state index >= 15 is 0 Å². The third-order valence-corrected chi connectivity index (χ3v) is 17.2. The van der Waals surface area contributed by atoms with Crippen molar-refractivity contribution in [3.05, 3.63) is 36.5 Å². The SMILES string of the molecule is CCCCCCCCCCCCCCCCC/C=C/C(O)C(CO)NC(=O)CCCCCCCCCCCCCCCCC/C=C\C/C=C\CCCCCCCCCCCOC(=O)CCCCCCCCCCCCCCCCCC. The second kappa shape index (κ2) is 70.6. The fraction of sp³-hybridized carbons (Fsp3) is 0.893. The molecule has 0 aliphatic carbocycles. The van der Waals surface area contributed by atoms with Crippen molar-refractivity contribution in [2.75, 3.05) is 13.2 Å². The minimum Gasteiger partial charge on any atom is -0.466 e. The molecule has 0 saturated heterocycles. The van der Waals surface area contributed by atoms with E-state index in [1.165, 1.54) is 334 Å². The molecule has 6 nitrogen and oxygen atoms in total. The molecule has 81 heavy (non-hydrogen) atoms. The van der Waals surface area contributed by atoms with Crippen LogP contribution in [0.2, 0.25) is 0 Å². The molecule has 2 atom stereocenters. The first-order chi connectivity index (χ1) is 40.0. The summed E-state index contributed by atoms with van der Waals surface area (Å²) in [6.07, 6.45) is 90.9. The zero-order chi connectivity index (χ0) is 58.5. The van der Waals surface area contributed by atoms with Gasteiger partial charge in [0.05, 0.1) is 25.4 Å². The molecule has 0 radical (unpaired) electrons. The summed E-state index contributed by atoms with van der Waals surface area (Å²) >= 11 is 0. The number of carbonyl (C=O) groups is 2. The summed E-state index contributed by atoms with van der Waals surface area (Å²) < 4.78 is 5.50. The van der Waals surface area contributed by atoms with E-state index in [0.29, 0.717) is 19.4 Å². The van der Waals surface area contributed by atoms with Crippen molar-refractivity contribution in [1.82, 2.24) is 5.32 Å². The monoisotopic (exact) mass is 1140 g/mol. The van der Waals surface area contributed by atoms with Crippen molar-refractivity contribution in [1.29, 1.82) is 0 Å². The highest BCUT2D eigenvalue weighted by molar-refractivity contribution is 5.76. The van der Waals surface area contributed by atoms with Gasteiger partial charge in [-0.1, -0.05) is 365 Å². The number of nitrogens with one attached hydrogen (secondary N) is 1. The lowest BCUT2D eigenvalue weighted by Crippen LogP contribution is -2.45. The average molecular weight is 1140 g/mol. The molecule has 6 heteroatoms. The van der Waals surface area contributed by atoms with E-state index in [1.54, 1.807) is 6.08 Å². The summed E-state index contributed by atoms with van der Waals surface area (Å²) in [6.45, 7) is 4.94. The van der Waals surface area contributed by atoms with Crippen LogP contribution in [-0.2, 0) is 14.3 Å². The predicted molar refractivity (Wildman–Crippen MR) is 356 cm³/mol. The van der Waals surface area contributed by atoms with Gasteiger partial charge in [-0.05, 0) is 64.2 Å². The van der Waals surface area contributed by atoms with Gasteiger partial charge in [-0.2, -0.15) is 0 Å². The highest BCUT2D eigenvalue weighted by atomic mass is 16.5. The Bertz CT molecular complexity index is 1310. The summed E-state index contributed by atoms with van der Waals surface area (Å²) in [5, 5.41) is 23.2. The first-order valence-corrected chi connectivity index (χ1v) is 36.8. The minimum atomic E-state index is -0.845. The predicted octanol–water partition coefficient (Wildman–Crippen LogP) is 23.9. The van der Waals surface area contributed by atoms with Gasteiger partial charge in [0.1, 0.15) is 0 Å². The number of aliphatic hydroxyl groups is 2. The number of unbranched alkanes of at least 4 members (excludes halogenated alkanes) is 54. The Kier molecular flexibility index (Phi) is 68.9. The number of amides is 1. The molecule has 0 bridgehead atoms. The Morgan fingerprint density at radius 3 is 0.938 bits per heavy atom. The van der Waals surface area contributed by atoms with Crippen LogP contribution in [0.15, 0.2) is 36.5 Å². The fourth-order valence-electron chi connectivity index (χ4n) is 11.6. The Labute approximate surface area is 506 Å². The number of rotatable bonds is 69. The highest BCUT2D eigenvalue weighted by Crippen LogP contribution is 2.19. The summed E-state index contributed by atoms with van der Waals surface area (Å²) in [6, 6.07) is -0.628. The van der Waals surface area contributed by atoms with Crippen molar-refractivity contribution in [3.8, 4) is 0 Å². The summed E-state index contributed by atoms with van der Waals surface area (Å²) in [4.78, 5) is 24.6. The molecule has 0 aliphatic heterocycles. The van der Waals surface area contributed by atoms with Crippen LogP contribution in [-0.4, -0.2) is 47.4 Å². The molecule has 0 fully saturated rings. The Morgan fingerprint density at radius 2 is 0.617 bits per heavy atom. The molecule has 0 rings (SSSR count). The highest BCUT2D eigenvalue weighted by Gasteiger charge is 2.18. The molecule has 1 amide bonds. The Morgan fingerprint density at radius 1 is 0.346 bits per heavy atom. The van der Waals surface area contributed by atoms with Gasteiger partial charge in [0.15, 0.2) is 0 Å². The molecule has 0 aromatic rings. The van der Waals surface area contributed by atoms with Crippen molar-refractivity contribution in [2.45, 2.75) is 418 Å². The standard InChI is InChI=1S/C75H143NO5/c1-3-5-7-9-11-13-15-17-19-36-39-43-47-51-55-59-63-67-73(78)72(71-77)76-74(79)68-64-60-56-52-48-44-40-37-34-32-30-28-26-24-22-21-23-25-27-29-31-33-35-38-42-46-50-54-58-62-66-70-81-75(80)69-65-61-57-53-49-45-41-20-18-16-14-12-10-8-6-4-2/h23,25,29,31,63,67,72-73,77-78H,3-22,24,26-28,30,32-62,64-66,68-71H2,1-2H3,(H,76,79)/b25-23-,31-29-,67-63+. The number of hydrogen-bond acceptors (Lipinski definition) is 5. The molecular weight excluding hydrogens is 995 g/mol. The normalized spacial score (nSPS) is 12.7. The van der Waals surface area contributed by atoms with E-state index in [0.717, 1.165) is 44.9 Å². The number of aliphatic hydroxyl groups excluding tert-OH is 2. The van der Waals surface area contributed by atoms with E-state index in [-0.39, 0.29) is 18.5 Å². The van der Waals surface area contributed by atoms with Crippen LogP contribution in [0.1, 0.15) is 406 Å². The lowest BCUT2D eigenvalue weighted by molar-refractivity contribution is -0.143. The molecule has 0 spiro atoms. The molecule has 0 aromatic heterocycles. The Balaban J connectivity index is 3.40. The second-order valence-electron chi connectivity index (χ2n) is 25.3. The smallest absolute Gasteiger partial charge is 0.305 e. The number of ether oxygens (including phenoxy) is 1. The third-order valence-electron chi connectivity index (χ3n) is 17.2. The Hall–Kier alpha value is -1.92. The molecule has 0 heterocycles. The van der Waals surface area contributed by atoms with E-state index in [1.807, 2.05) is 6.08 Å². The molecule has 2 unspecified atom stereocenters. The third kappa shape index (κ3) is 67.1. The average Bonchev–Trinajstić information content (AvgIpc) is 3.47. The van der Waals surface area contributed by atoms with Gasteiger partial charge in [0, 0.05) is 12.8 Å². The van der Waals surface area contributed by atoms with Crippen LogP contribution >= 0.6 is 0 Å². The van der Waals surface area contributed by atoms with Gasteiger partial charge in [-0.3, -0.25) is 9.59 Å². The summed E-state index contributed by atoms with van der Waals surface area (Å²) in [5.41, 5.74) is 0. The number of esters is 1. The lowest BCUT2D eigenvalue weighted by atomic mass is 10.0. The van der Waals surface area contributed by atoms with Crippen LogP contribution in [0, 0.1) is 0 Å². The van der Waals surface area contributed by atoms with E-state index in [9.17, 15) is 19.8 Å². The maximum atomic E-state index is 12.5. The van der Waals surface area contributed by atoms with Crippen molar-refractivity contribution < 1.29 is 24.5 Å². The summed E-state index contributed by atoms with van der Waals surface area (Å²) in [7, 11) is 0. The molecular formula is C75H143NO5. The quantitative estimate of drug-likeness (QED) is 0.0320. The molecule has 0 aromatic carbocycles. The maximum absolute atomic E-state index is 12.5. The van der Waals surface area contributed by atoms with E-state index in [2.05, 4.69) is 43.5 Å². The maximum Gasteiger partial charge on any atom is 0.305 e. The van der Waals surface area contributed by atoms with Crippen molar-refractivity contribution in [3.63, 3.8) is 0 Å². The van der Waals surface area contributed by atoms with Gasteiger partial charge in [0.25, 0.3) is 0 Å². The van der Waals surface area contributed by atoms with Crippen LogP contribution in [0.3, 0.4) is 0 Å². The zero-order valence-corrected chi connectivity index (χ0v) is 54.8. The summed E-state index contributed by atoms with van der Waals surface area (Å²) in [5.74, 6) is -0.0475. The minimum absolute atomic E-state index is 0.0169. The molecule has 478 valence electrons. The van der Waals surface area contributed by atoms with E-state index in [4.69, 9.17) is 4.74 Å². The van der Waals surface area contributed by atoms with Gasteiger partial charge in [-0.25, -0.2) is 0 Å². The van der Waals surface area contributed by atoms with Crippen LogP contribution in [0.25, 0.3) is 0 Å². The first-order valence-electron chi connectivity index (χ1n) is 36.8. The second-order valence-corrected chi connectivity index (χ2v) is 25.3. The first kappa shape index (κ1) is 79.1. The van der Waals surface area contributed by atoms with Gasteiger partial charge in [0.2, 0.25) is 5.91 Å². The number of carbonyl (C=O) groups excluding carboxylic acids is 2. The van der Waals surface area contributed by atoms with Gasteiger partial charge in [-0.15, -0.1) is 0 Å². The molecule has 0 aliphatic rings. The number of allylic oxidation sites excluding steroid dienone is 5. The van der Waals surface area contributed by atoms with E-state index < -0.39 is 12.1 Å². The lowest BCUT2D eigenvalue weighted by Gasteiger charge is -2.20. The number of hydrogen-bond donors (Lipinski definition) is 3. The zero-order valence-electron chi connectivity index (χ0n) is 54.8. The largest absolute Gasteiger partial charge is 0.466 e. The van der Waals surface area contributed by atoms with Crippen molar-refractivity contribution >= 4 is 11.9 Å². The fourth-order valence-corrected chi connectivity index (χ4v) is 11.6. The molecule has 3 N–H and O–H groups in total. The van der Waals surface area contributed by atoms with Crippen molar-refractivity contribution in [2.24, 2.45) is 0 Å². The van der Waals surface area contributed by atoms with Gasteiger partial charge >= 0.3 is 5.97 Å². The van der Waals surface area contributed by atoms with Gasteiger partial charge < -0.3 is 20.3 Å². The topological polar surface area (TPSA) is 95.9 Å². The van der Waals surface area contributed by atoms with Crippen LogP contribution < -0.4 is 5.32 Å². The van der Waals surface area contributed by atoms with Crippen LogP contribution in [0.4, 0.5) is 0 Å².